The summed E-state index contributed by atoms with van der Waals surface area (Å²) in [5.74, 6) is -0.178. The highest BCUT2D eigenvalue weighted by atomic mass is 32.2. The predicted octanol–water partition coefficient (Wildman–Crippen LogP) is 2.54. The minimum Gasteiger partial charge on any atom is -0.297 e. The highest BCUT2D eigenvalue weighted by Gasteiger charge is 2.16. The lowest BCUT2D eigenvalue weighted by molar-refractivity contribution is -0.121. The summed E-state index contributed by atoms with van der Waals surface area (Å²) in [6.45, 7) is 1.67. The molecule has 0 N–H and O–H groups in total. The van der Waals surface area contributed by atoms with Crippen LogP contribution in [0, 0.1) is 0 Å². The van der Waals surface area contributed by atoms with E-state index in [9.17, 15) is 13.2 Å². The fourth-order valence-corrected chi connectivity index (χ4v) is 2.36. The Bertz CT molecular complexity index is 465. The van der Waals surface area contributed by atoms with Gasteiger partial charge >= 0.3 is 0 Å². The number of carbonyl (C=O) groups is 1. The van der Waals surface area contributed by atoms with E-state index in [2.05, 4.69) is 0 Å². The summed E-state index contributed by atoms with van der Waals surface area (Å²) in [5, 5.41) is 0. The molecule has 18 heavy (non-hydrogen) atoms. The lowest BCUT2D eigenvalue weighted by Gasteiger charge is -2.04. The third kappa shape index (κ3) is 4.98. The fourth-order valence-electron chi connectivity index (χ4n) is 1.44. The first kappa shape index (κ1) is 14.9. The molecule has 0 heterocycles. The second kappa shape index (κ2) is 7.28. The molecular formula is C13H18O4S. The molecule has 100 valence electrons. The van der Waals surface area contributed by atoms with Crippen molar-refractivity contribution in [1.82, 2.24) is 0 Å². The molecule has 1 aromatic carbocycles. The molecule has 5 heteroatoms. The molecule has 0 bridgehead atoms. The van der Waals surface area contributed by atoms with Gasteiger partial charge in [0, 0.05) is 6.42 Å². The summed E-state index contributed by atoms with van der Waals surface area (Å²) in [4.78, 5) is 11.5. The van der Waals surface area contributed by atoms with Crippen molar-refractivity contribution >= 4 is 15.9 Å². The van der Waals surface area contributed by atoms with Crippen LogP contribution in [0.2, 0.25) is 0 Å². The molecule has 0 saturated carbocycles. The maximum absolute atomic E-state index is 11.7. The summed E-state index contributed by atoms with van der Waals surface area (Å²) in [6.07, 6.45) is 3.15. The summed E-state index contributed by atoms with van der Waals surface area (Å²) in [6, 6.07) is 7.82. The summed E-state index contributed by atoms with van der Waals surface area (Å²) >= 11 is 0. The number of rotatable bonds is 8. The van der Waals surface area contributed by atoms with E-state index in [4.69, 9.17) is 4.18 Å². The van der Waals surface area contributed by atoms with E-state index in [1.807, 2.05) is 6.92 Å². The van der Waals surface area contributed by atoms with Crippen LogP contribution in [0.25, 0.3) is 0 Å². The number of carbonyl (C=O) groups excluding carboxylic acids is 1. The smallest absolute Gasteiger partial charge is 0.297 e. The molecule has 0 radical (unpaired) electrons. The average Bonchev–Trinajstić information content (AvgIpc) is 2.38. The van der Waals surface area contributed by atoms with Gasteiger partial charge in [-0.15, -0.1) is 0 Å². The Labute approximate surface area is 108 Å². The normalized spacial score (nSPS) is 11.4. The summed E-state index contributed by atoms with van der Waals surface area (Å²) < 4.78 is 28.1. The van der Waals surface area contributed by atoms with Crippen molar-refractivity contribution in [3.63, 3.8) is 0 Å². The molecule has 0 saturated heterocycles. The number of unbranched alkanes of at least 4 members (excludes halogenated alkanes) is 2. The summed E-state index contributed by atoms with van der Waals surface area (Å²) in [7, 11) is -3.81. The second-order valence-corrected chi connectivity index (χ2v) is 5.64. The van der Waals surface area contributed by atoms with E-state index in [0.717, 1.165) is 19.3 Å². The standard InChI is InChI=1S/C13H18O4S/c1-2-3-5-8-12(14)11-17-18(15,16)13-9-6-4-7-10-13/h4,6-7,9-10H,2-3,5,8,11H2,1H3. The van der Waals surface area contributed by atoms with E-state index in [1.165, 1.54) is 12.1 Å². The molecule has 0 aromatic heterocycles. The largest absolute Gasteiger partial charge is 0.297 e. The molecule has 4 nitrogen and oxygen atoms in total. The van der Waals surface area contributed by atoms with Crippen molar-refractivity contribution in [3.8, 4) is 0 Å². The maximum atomic E-state index is 11.7. The average molecular weight is 270 g/mol. The molecule has 0 aliphatic rings. The Hall–Kier alpha value is -1.20. The highest BCUT2D eigenvalue weighted by molar-refractivity contribution is 7.86. The fraction of sp³-hybridized carbons (Fsp3) is 0.462. The molecule has 0 fully saturated rings. The molecule has 0 atom stereocenters. The molecule has 1 rings (SSSR count). The Morgan fingerprint density at radius 2 is 1.83 bits per heavy atom. The second-order valence-electron chi connectivity index (χ2n) is 4.03. The lowest BCUT2D eigenvalue weighted by atomic mass is 10.1. The number of hydrogen-bond donors (Lipinski definition) is 0. The first-order valence-corrected chi connectivity index (χ1v) is 7.43. The molecule has 0 aliphatic carbocycles. The quantitative estimate of drug-likeness (QED) is 0.538. The predicted molar refractivity (Wildman–Crippen MR) is 68.7 cm³/mol. The van der Waals surface area contributed by atoms with Gasteiger partial charge < -0.3 is 0 Å². The Morgan fingerprint density at radius 1 is 1.17 bits per heavy atom. The van der Waals surface area contributed by atoms with Crippen LogP contribution in [0.4, 0.5) is 0 Å². The molecule has 0 unspecified atom stereocenters. The minimum absolute atomic E-state index is 0.0753. The van der Waals surface area contributed by atoms with Gasteiger partial charge in [0.25, 0.3) is 10.1 Å². The van der Waals surface area contributed by atoms with Gasteiger partial charge in [0.1, 0.15) is 6.61 Å². The minimum atomic E-state index is -3.81. The van der Waals surface area contributed by atoms with Gasteiger partial charge in [-0.3, -0.25) is 8.98 Å². The van der Waals surface area contributed by atoms with Crippen LogP contribution in [-0.2, 0) is 19.1 Å². The Kier molecular flexibility index (Phi) is 6.01. The third-order valence-corrected chi connectivity index (χ3v) is 3.74. The van der Waals surface area contributed by atoms with Crippen molar-refractivity contribution in [2.45, 2.75) is 37.5 Å². The van der Waals surface area contributed by atoms with Crippen LogP contribution >= 0.6 is 0 Å². The molecule has 1 aromatic rings. The molecule has 0 spiro atoms. The van der Waals surface area contributed by atoms with E-state index < -0.39 is 10.1 Å². The summed E-state index contributed by atoms with van der Waals surface area (Å²) in [5.41, 5.74) is 0. The Balaban J connectivity index is 2.46. The topological polar surface area (TPSA) is 60.4 Å². The monoisotopic (exact) mass is 270 g/mol. The first-order chi connectivity index (χ1) is 8.56. The number of ketones is 1. The molecule has 0 aliphatic heterocycles. The van der Waals surface area contributed by atoms with Crippen LogP contribution in [0.5, 0.6) is 0 Å². The lowest BCUT2D eigenvalue weighted by Crippen LogP contribution is -2.14. The van der Waals surface area contributed by atoms with Crippen LogP contribution in [-0.4, -0.2) is 20.8 Å². The van der Waals surface area contributed by atoms with Crippen molar-refractivity contribution in [2.24, 2.45) is 0 Å². The third-order valence-electron chi connectivity index (χ3n) is 2.47. The van der Waals surface area contributed by atoms with Crippen molar-refractivity contribution < 1.29 is 17.4 Å². The van der Waals surface area contributed by atoms with Gasteiger partial charge in [-0.2, -0.15) is 8.42 Å². The van der Waals surface area contributed by atoms with Crippen LogP contribution < -0.4 is 0 Å². The highest BCUT2D eigenvalue weighted by Crippen LogP contribution is 2.11. The van der Waals surface area contributed by atoms with Crippen molar-refractivity contribution in [2.75, 3.05) is 6.61 Å². The zero-order valence-electron chi connectivity index (χ0n) is 10.5. The van der Waals surface area contributed by atoms with Crippen LogP contribution in [0.15, 0.2) is 35.2 Å². The van der Waals surface area contributed by atoms with E-state index in [1.54, 1.807) is 18.2 Å². The molecule has 0 amide bonds. The Morgan fingerprint density at radius 3 is 2.44 bits per heavy atom. The maximum Gasteiger partial charge on any atom is 0.297 e. The van der Waals surface area contributed by atoms with Crippen molar-refractivity contribution in [3.05, 3.63) is 30.3 Å². The van der Waals surface area contributed by atoms with Gasteiger partial charge in [0.05, 0.1) is 4.90 Å². The van der Waals surface area contributed by atoms with Gasteiger partial charge in [-0.25, -0.2) is 0 Å². The van der Waals surface area contributed by atoms with Crippen LogP contribution in [0.1, 0.15) is 32.6 Å². The zero-order chi connectivity index (χ0) is 13.4. The van der Waals surface area contributed by atoms with Gasteiger partial charge in [-0.05, 0) is 18.6 Å². The SMILES string of the molecule is CCCCCC(=O)COS(=O)(=O)c1ccccc1. The van der Waals surface area contributed by atoms with Gasteiger partial charge in [-0.1, -0.05) is 38.0 Å². The van der Waals surface area contributed by atoms with Crippen LogP contribution in [0.3, 0.4) is 0 Å². The first-order valence-electron chi connectivity index (χ1n) is 6.02. The van der Waals surface area contributed by atoms with Gasteiger partial charge in [0.2, 0.25) is 0 Å². The van der Waals surface area contributed by atoms with E-state index in [0.29, 0.717) is 6.42 Å². The number of Topliss-reactive ketones (excluding diaryl/α,β-unsaturated/α-hetero) is 1. The van der Waals surface area contributed by atoms with Crippen molar-refractivity contribution in [1.29, 1.82) is 0 Å². The van der Waals surface area contributed by atoms with Gasteiger partial charge in [0.15, 0.2) is 5.78 Å². The number of hydrogen-bond acceptors (Lipinski definition) is 4. The van der Waals surface area contributed by atoms with E-state index >= 15 is 0 Å². The zero-order valence-corrected chi connectivity index (χ0v) is 11.3. The number of benzene rings is 1. The van der Waals surface area contributed by atoms with E-state index in [-0.39, 0.29) is 17.3 Å². The molecular weight excluding hydrogens is 252 g/mol.